The molecule has 262 valence electrons. The van der Waals surface area contributed by atoms with Crippen molar-refractivity contribution in [2.45, 2.75) is 95.4 Å². The van der Waals surface area contributed by atoms with Gasteiger partial charge in [-0.2, -0.15) is 0 Å². The first-order chi connectivity index (χ1) is 23.2. The summed E-state index contributed by atoms with van der Waals surface area (Å²) in [4.78, 5) is 26.0. The monoisotopic (exact) mass is 677 g/mol. The number of rotatable bonds is 8. The molecule has 0 amide bonds. The third-order valence-electron chi connectivity index (χ3n) is 12.3. The predicted octanol–water partition coefficient (Wildman–Crippen LogP) is 5.75. The minimum Gasteiger partial charge on any atom is -0.495 e. The van der Waals surface area contributed by atoms with Crippen LogP contribution in [-0.4, -0.2) is 71.2 Å². The Morgan fingerprint density at radius 3 is 2.49 bits per heavy atom. The Labute approximate surface area is 285 Å². The predicted molar refractivity (Wildman–Crippen MR) is 179 cm³/mol. The summed E-state index contributed by atoms with van der Waals surface area (Å²) < 4.78 is 52.2. The summed E-state index contributed by atoms with van der Waals surface area (Å²) in [5.74, 6) is -1.86. The number of carbonyl (C=O) groups excluding carboxylic acids is 2. The zero-order valence-electron chi connectivity index (χ0n) is 28.5. The highest BCUT2D eigenvalue weighted by Gasteiger charge is 2.80. The third kappa shape index (κ3) is 4.81. The van der Waals surface area contributed by atoms with E-state index in [2.05, 4.69) is 25.2 Å². The molecule has 4 fully saturated rings. The fourth-order valence-electron chi connectivity index (χ4n) is 10.0. The number of anilines is 1. The number of aliphatic hydroxyl groups excluding tert-OH is 2. The van der Waals surface area contributed by atoms with Crippen LogP contribution < -0.4 is 10.1 Å². The lowest BCUT2D eigenvalue weighted by molar-refractivity contribution is -0.235. The van der Waals surface area contributed by atoms with Gasteiger partial charge in [0, 0.05) is 28.4 Å². The van der Waals surface area contributed by atoms with Crippen LogP contribution in [0, 0.1) is 22.7 Å². The Bertz CT molecular complexity index is 1730. The molecule has 10 atom stereocenters. The Balaban J connectivity index is 1.16. The van der Waals surface area contributed by atoms with Crippen LogP contribution in [0.2, 0.25) is 0 Å². The summed E-state index contributed by atoms with van der Waals surface area (Å²) in [6, 6.07) is 14.0. The second-order valence-corrected chi connectivity index (χ2v) is 15.2. The van der Waals surface area contributed by atoms with Crippen molar-refractivity contribution in [3.05, 3.63) is 83.0 Å². The lowest BCUT2D eigenvalue weighted by Gasteiger charge is -2.63. The minimum atomic E-state index is -2.30. The Kier molecular flexibility index (Phi) is 8.21. The summed E-state index contributed by atoms with van der Waals surface area (Å²) in [6.45, 7) is 6.62. The second kappa shape index (κ2) is 11.8. The van der Waals surface area contributed by atoms with Crippen molar-refractivity contribution in [2.24, 2.45) is 22.7 Å². The Hall–Kier alpha value is -3.44. The summed E-state index contributed by atoms with van der Waals surface area (Å²) in [5.41, 5.74) is -2.95. The fraction of sp³-hybridized carbons (Fsp3) is 0.538. The number of alkyl halides is 2. The van der Waals surface area contributed by atoms with Crippen LogP contribution >= 0.6 is 0 Å². The molecule has 3 saturated carbocycles. The van der Waals surface area contributed by atoms with E-state index in [1.807, 2.05) is 36.4 Å². The van der Waals surface area contributed by atoms with Gasteiger partial charge in [-0.3, -0.25) is 9.59 Å². The lowest BCUT2D eigenvalue weighted by atomic mass is 9.44. The number of halogens is 2. The van der Waals surface area contributed by atoms with Crippen molar-refractivity contribution in [3.8, 4) is 5.75 Å². The molecule has 1 heterocycles. The quantitative estimate of drug-likeness (QED) is 0.324. The first kappa shape index (κ1) is 34.0. The van der Waals surface area contributed by atoms with E-state index in [-0.39, 0.29) is 30.9 Å². The van der Waals surface area contributed by atoms with Gasteiger partial charge >= 0.3 is 0 Å². The minimum absolute atomic E-state index is 0.0380. The molecule has 49 heavy (non-hydrogen) atoms. The van der Waals surface area contributed by atoms with Crippen LogP contribution in [0.15, 0.2) is 66.3 Å². The highest BCUT2D eigenvalue weighted by Crippen LogP contribution is 2.72. The molecule has 0 bridgehead atoms. The molecule has 5 aliphatic rings. The molecule has 7 rings (SSSR count). The molecule has 0 radical (unpaired) electrons. The molecule has 0 unspecified atom stereocenters. The number of nitrogens with one attached hydrogen (secondary N) is 1. The molecule has 1 aliphatic heterocycles. The fourth-order valence-corrected chi connectivity index (χ4v) is 10.0. The van der Waals surface area contributed by atoms with Crippen LogP contribution in [-0.2, 0) is 25.5 Å². The SMILES string of the molecule is COc1cc(Cc2ccc([C@H]3O[C@@H]4C[C@H]5[C@@H]6C[C@H](F)C7=CC(=O)C=C[C@]7(C)[C@@]6(F)[C@@H](O)C[C@]5(C)[C@]4(C(=O)CO)O3)cc2)ccc1NC(C)C. The van der Waals surface area contributed by atoms with Crippen molar-refractivity contribution < 1.29 is 42.8 Å². The van der Waals surface area contributed by atoms with E-state index in [9.17, 15) is 19.8 Å². The van der Waals surface area contributed by atoms with Gasteiger partial charge in [0.05, 0.1) is 25.0 Å². The van der Waals surface area contributed by atoms with Gasteiger partial charge in [-0.25, -0.2) is 8.78 Å². The normalized spacial score (nSPS) is 39.1. The molecule has 2 aromatic carbocycles. The number of fused-ring (bicyclic) bond motifs is 7. The number of ether oxygens (including phenoxy) is 3. The van der Waals surface area contributed by atoms with Crippen LogP contribution in [0.25, 0.3) is 0 Å². The number of allylic oxidation sites excluding steroid dienone is 4. The van der Waals surface area contributed by atoms with Gasteiger partial charge in [0.1, 0.15) is 18.5 Å². The zero-order chi connectivity index (χ0) is 35.1. The van der Waals surface area contributed by atoms with E-state index >= 15 is 8.78 Å². The average molecular weight is 678 g/mol. The number of hydrogen-bond acceptors (Lipinski definition) is 8. The highest BCUT2D eigenvalue weighted by atomic mass is 19.1. The van der Waals surface area contributed by atoms with E-state index in [1.165, 1.54) is 12.2 Å². The molecule has 2 aromatic rings. The second-order valence-electron chi connectivity index (χ2n) is 15.2. The standard InChI is InChI=1S/C39H45F2NO7/c1-21(2)42-30-11-8-23(15-31(30)47-5)14-22-6-9-24(10-7-22)35-48-34-18-26-27-17-29(40)28-16-25(44)12-13-36(28,3)38(27,41)32(45)19-37(26,4)39(34,49-35)33(46)20-43/h6-13,15-16,21,26-27,29,32,34-35,42-43,45H,14,17-20H2,1-5H3/t26-,27-,29-,32-,34+,35-,36-,37-,38-,39+/m0/s1. The number of benzene rings is 2. The van der Waals surface area contributed by atoms with E-state index < -0.39 is 76.8 Å². The maximum absolute atomic E-state index is 17.6. The number of methoxy groups -OCH3 is 1. The Morgan fingerprint density at radius 1 is 1.10 bits per heavy atom. The van der Waals surface area contributed by atoms with Crippen LogP contribution in [0.3, 0.4) is 0 Å². The van der Waals surface area contributed by atoms with Crippen molar-refractivity contribution in [2.75, 3.05) is 19.0 Å². The van der Waals surface area contributed by atoms with Gasteiger partial charge in [-0.15, -0.1) is 0 Å². The summed E-state index contributed by atoms with van der Waals surface area (Å²) in [6.07, 6.45) is -0.788. The Morgan fingerprint density at radius 2 is 1.82 bits per heavy atom. The molecule has 4 aliphatic carbocycles. The topological polar surface area (TPSA) is 114 Å². The van der Waals surface area contributed by atoms with Crippen LogP contribution in [0.4, 0.5) is 14.5 Å². The molecular formula is C39H45F2NO7. The molecular weight excluding hydrogens is 632 g/mol. The molecule has 3 N–H and O–H groups in total. The van der Waals surface area contributed by atoms with Gasteiger partial charge in [0.2, 0.25) is 0 Å². The van der Waals surface area contributed by atoms with Gasteiger partial charge in [0.25, 0.3) is 0 Å². The average Bonchev–Trinajstić information content (AvgIpc) is 3.57. The largest absolute Gasteiger partial charge is 0.495 e. The summed E-state index contributed by atoms with van der Waals surface area (Å²) in [5, 5.41) is 25.3. The molecule has 10 heteroatoms. The van der Waals surface area contributed by atoms with E-state index in [4.69, 9.17) is 14.2 Å². The first-order valence-corrected chi connectivity index (χ1v) is 17.2. The zero-order valence-corrected chi connectivity index (χ0v) is 28.5. The number of Topliss-reactive ketones (excluding diaryl/α,β-unsaturated/α-hetero) is 1. The highest BCUT2D eigenvalue weighted by molar-refractivity contribution is 6.01. The number of aliphatic hydroxyl groups is 2. The maximum Gasteiger partial charge on any atom is 0.193 e. The maximum atomic E-state index is 17.6. The van der Waals surface area contributed by atoms with Crippen molar-refractivity contribution in [1.82, 2.24) is 0 Å². The molecule has 0 spiro atoms. The van der Waals surface area contributed by atoms with E-state index in [1.54, 1.807) is 21.0 Å². The van der Waals surface area contributed by atoms with Crippen LogP contribution in [0.5, 0.6) is 5.75 Å². The van der Waals surface area contributed by atoms with E-state index in [0.29, 0.717) is 12.0 Å². The number of hydrogen-bond donors (Lipinski definition) is 3. The van der Waals surface area contributed by atoms with Crippen molar-refractivity contribution in [1.29, 1.82) is 0 Å². The summed E-state index contributed by atoms with van der Waals surface area (Å²) >= 11 is 0. The van der Waals surface area contributed by atoms with Crippen molar-refractivity contribution >= 4 is 17.3 Å². The van der Waals surface area contributed by atoms with Gasteiger partial charge in [0.15, 0.2) is 29.1 Å². The van der Waals surface area contributed by atoms with Crippen molar-refractivity contribution in [3.63, 3.8) is 0 Å². The van der Waals surface area contributed by atoms with Gasteiger partial charge in [-0.1, -0.05) is 43.3 Å². The molecule has 1 saturated heterocycles. The third-order valence-corrected chi connectivity index (χ3v) is 12.3. The number of ketones is 2. The molecule has 0 aromatic heterocycles. The first-order valence-electron chi connectivity index (χ1n) is 17.2. The van der Waals surface area contributed by atoms with Gasteiger partial charge < -0.3 is 29.7 Å². The van der Waals surface area contributed by atoms with Crippen LogP contribution in [0.1, 0.15) is 69.9 Å². The lowest BCUT2D eigenvalue weighted by Crippen LogP contribution is -2.70. The number of carbonyl (C=O) groups is 2. The smallest absolute Gasteiger partial charge is 0.193 e. The van der Waals surface area contributed by atoms with E-state index in [0.717, 1.165) is 28.6 Å². The molecule has 8 nitrogen and oxygen atoms in total. The van der Waals surface area contributed by atoms with Gasteiger partial charge in [-0.05, 0) is 93.4 Å². The summed E-state index contributed by atoms with van der Waals surface area (Å²) in [7, 11) is 1.65.